The topological polar surface area (TPSA) is 59.8 Å². The van der Waals surface area contributed by atoms with Crippen molar-refractivity contribution in [2.75, 3.05) is 26.2 Å². The number of piperidine rings is 1. The Kier molecular flexibility index (Phi) is 5.53. The lowest BCUT2D eigenvalue weighted by molar-refractivity contribution is -0.174. The van der Waals surface area contributed by atoms with Crippen LogP contribution in [-0.2, 0) is 17.9 Å². The maximum atomic E-state index is 9.39. The van der Waals surface area contributed by atoms with Gasteiger partial charge in [-0.1, -0.05) is 17.7 Å². The average Bonchev–Trinajstić information content (AvgIpc) is 3.21. The van der Waals surface area contributed by atoms with Crippen LogP contribution in [0.15, 0.2) is 30.6 Å². The highest BCUT2D eigenvalue weighted by Crippen LogP contribution is 2.55. The third kappa shape index (κ3) is 3.99. The van der Waals surface area contributed by atoms with E-state index in [1.807, 2.05) is 22.9 Å². The summed E-state index contributed by atoms with van der Waals surface area (Å²) in [6.45, 7) is 9.19. The molecule has 1 aromatic carbocycles. The van der Waals surface area contributed by atoms with Crippen molar-refractivity contribution in [3.05, 3.63) is 47.0 Å². The summed E-state index contributed by atoms with van der Waals surface area (Å²) in [6, 6.07) is 5.93. The summed E-state index contributed by atoms with van der Waals surface area (Å²) in [7, 11) is 0. The number of fused-ring (bicyclic) bond motifs is 3. The van der Waals surface area contributed by atoms with Crippen molar-refractivity contribution < 1.29 is 14.6 Å². The number of imidazole rings is 1. The summed E-state index contributed by atoms with van der Waals surface area (Å²) < 4.78 is 15.0. The first-order valence-electron chi connectivity index (χ1n) is 11.3. The third-order valence-electron chi connectivity index (χ3n) is 7.65. The fourth-order valence-electron chi connectivity index (χ4n) is 5.67. The van der Waals surface area contributed by atoms with E-state index < -0.39 is 0 Å². The van der Waals surface area contributed by atoms with E-state index in [4.69, 9.17) is 21.1 Å². The molecular weight excluding hydrogens is 414 g/mol. The largest absolute Gasteiger partial charge is 0.487 e. The Morgan fingerprint density at radius 1 is 1.23 bits per heavy atom. The molecule has 4 heterocycles. The second kappa shape index (κ2) is 8.07. The van der Waals surface area contributed by atoms with Gasteiger partial charge in [-0.2, -0.15) is 0 Å². The molecule has 1 aromatic heterocycles. The van der Waals surface area contributed by atoms with E-state index in [9.17, 15) is 5.11 Å². The lowest BCUT2D eigenvalue weighted by atomic mass is 9.64. The Morgan fingerprint density at radius 2 is 2.03 bits per heavy atom. The number of nitrogens with zero attached hydrogens (tertiary/aromatic N) is 3. The molecule has 0 radical (unpaired) electrons. The van der Waals surface area contributed by atoms with Crippen molar-refractivity contribution in [2.45, 2.75) is 58.0 Å². The molecule has 0 saturated carbocycles. The third-order valence-corrected chi connectivity index (χ3v) is 7.89. The second-order valence-corrected chi connectivity index (χ2v) is 10.4. The highest BCUT2D eigenvalue weighted by Gasteiger charge is 2.52. The van der Waals surface area contributed by atoms with Crippen LogP contribution in [0, 0.1) is 11.3 Å². The molecule has 7 heteroatoms. The molecule has 0 amide bonds. The van der Waals surface area contributed by atoms with Gasteiger partial charge in [-0.3, -0.25) is 0 Å². The zero-order chi connectivity index (χ0) is 21.6. The minimum Gasteiger partial charge on any atom is -0.487 e. The maximum Gasteiger partial charge on any atom is 0.134 e. The lowest BCUT2D eigenvalue weighted by Crippen LogP contribution is -2.54. The minimum absolute atomic E-state index is 0.0107. The van der Waals surface area contributed by atoms with Crippen LogP contribution >= 0.6 is 11.6 Å². The number of hydrogen-bond acceptors (Lipinski definition) is 5. The fourth-order valence-corrected chi connectivity index (χ4v) is 5.83. The Bertz CT molecular complexity index is 936. The van der Waals surface area contributed by atoms with E-state index in [0.29, 0.717) is 10.9 Å². The Balaban J connectivity index is 1.24. The zero-order valence-corrected chi connectivity index (χ0v) is 19.1. The number of aromatic nitrogens is 2. The Hall–Kier alpha value is -1.60. The number of ether oxygens (including phenoxy) is 2. The number of hydrogen-bond donors (Lipinski definition) is 1. The van der Waals surface area contributed by atoms with Gasteiger partial charge in [0.15, 0.2) is 0 Å². The molecule has 31 heavy (non-hydrogen) atoms. The quantitative estimate of drug-likeness (QED) is 0.769. The smallest absolute Gasteiger partial charge is 0.134 e. The number of rotatable bonds is 4. The van der Waals surface area contributed by atoms with Crippen LogP contribution in [-0.4, -0.2) is 51.4 Å². The Morgan fingerprint density at radius 3 is 2.81 bits per heavy atom. The standard InChI is InChI=1S/C24H32ClN3O3/c1-23(2)19-14-24(16-30-22(19)18-4-3-17(25)13-20(18)31-23)5-8-27(9-6-24)11-12-28-10-7-26-21(28)15-29/h3-4,7,10,13,19,22,29H,5-6,8-9,11-12,14-16H2,1-2H3. The van der Waals surface area contributed by atoms with Crippen molar-refractivity contribution in [2.24, 2.45) is 11.3 Å². The highest BCUT2D eigenvalue weighted by atomic mass is 35.5. The second-order valence-electron chi connectivity index (χ2n) is 9.97. The molecule has 2 atom stereocenters. The van der Waals surface area contributed by atoms with Gasteiger partial charge in [0, 0.05) is 42.0 Å². The summed E-state index contributed by atoms with van der Waals surface area (Å²) in [5, 5.41) is 10.1. The van der Waals surface area contributed by atoms with Gasteiger partial charge in [-0.25, -0.2) is 4.98 Å². The molecule has 5 rings (SSSR count). The SMILES string of the molecule is CC1(C)Oc2cc(Cl)ccc2C2OCC3(CCN(CCn4ccnc4CO)CC3)CC21. The first kappa shape index (κ1) is 21.3. The molecule has 0 aliphatic carbocycles. The first-order chi connectivity index (χ1) is 14.9. The maximum absolute atomic E-state index is 9.39. The predicted octanol–water partition coefficient (Wildman–Crippen LogP) is 4.06. The number of halogens is 1. The van der Waals surface area contributed by atoms with Gasteiger partial charge in [0.25, 0.3) is 0 Å². The van der Waals surface area contributed by atoms with Gasteiger partial charge < -0.3 is 24.0 Å². The van der Waals surface area contributed by atoms with Crippen LogP contribution < -0.4 is 4.74 Å². The molecule has 0 bridgehead atoms. The van der Waals surface area contributed by atoms with Gasteiger partial charge in [-0.05, 0) is 63.7 Å². The van der Waals surface area contributed by atoms with Crippen LogP contribution in [0.5, 0.6) is 5.75 Å². The van der Waals surface area contributed by atoms with Gasteiger partial charge in [0.05, 0.1) is 12.7 Å². The van der Waals surface area contributed by atoms with Crippen LogP contribution in [0.4, 0.5) is 0 Å². The van der Waals surface area contributed by atoms with Crippen molar-refractivity contribution in [1.82, 2.24) is 14.5 Å². The van der Waals surface area contributed by atoms with Crippen molar-refractivity contribution in [3.63, 3.8) is 0 Å². The van der Waals surface area contributed by atoms with Crippen LogP contribution in [0.2, 0.25) is 5.02 Å². The number of likely N-dealkylation sites (tertiary alicyclic amines) is 1. The van der Waals surface area contributed by atoms with E-state index in [1.54, 1.807) is 6.20 Å². The van der Waals surface area contributed by atoms with Gasteiger partial charge in [0.2, 0.25) is 0 Å². The molecule has 3 aliphatic heterocycles. The molecule has 2 saturated heterocycles. The predicted molar refractivity (Wildman–Crippen MR) is 119 cm³/mol. The van der Waals surface area contributed by atoms with Crippen molar-refractivity contribution >= 4 is 11.6 Å². The molecule has 6 nitrogen and oxygen atoms in total. The number of aliphatic hydroxyl groups excluding tert-OH is 1. The molecule has 1 N–H and O–H groups in total. The molecule has 1 spiro atoms. The van der Waals surface area contributed by atoms with Gasteiger partial charge in [-0.15, -0.1) is 0 Å². The molecule has 2 fully saturated rings. The highest BCUT2D eigenvalue weighted by molar-refractivity contribution is 6.30. The van der Waals surface area contributed by atoms with Crippen LogP contribution in [0.25, 0.3) is 0 Å². The first-order valence-corrected chi connectivity index (χ1v) is 11.7. The summed E-state index contributed by atoms with van der Waals surface area (Å²) in [4.78, 5) is 6.72. The molecule has 3 aliphatic rings. The molecule has 2 unspecified atom stereocenters. The molecule has 2 aromatic rings. The normalized spacial score (nSPS) is 26.8. The monoisotopic (exact) mass is 445 g/mol. The average molecular weight is 446 g/mol. The lowest BCUT2D eigenvalue weighted by Gasteiger charge is -2.54. The molecule has 168 valence electrons. The van der Waals surface area contributed by atoms with Crippen LogP contribution in [0.3, 0.4) is 0 Å². The zero-order valence-electron chi connectivity index (χ0n) is 18.4. The van der Waals surface area contributed by atoms with Crippen molar-refractivity contribution in [1.29, 1.82) is 0 Å². The van der Waals surface area contributed by atoms with Crippen molar-refractivity contribution in [3.8, 4) is 5.75 Å². The number of benzene rings is 1. The van der Waals surface area contributed by atoms with E-state index in [2.05, 4.69) is 29.8 Å². The van der Waals surface area contributed by atoms with Gasteiger partial charge >= 0.3 is 0 Å². The summed E-state index contributed by atoms with van der Waals surface area (Å²) in [6.07, 6.45) is 7.22. The summed E-state index contributed by atoms with van der Waals surface area (Å²) in [5.41, 5.74) is 1.09. The summed E-state index contributed by atoms with van der Waals surface area (Å²) >= 11 is 6.21. The van der Waals surface area contributed by atoms with Gasteiger partial charge in [0.1, 0.15) is 23.8 Å². The number of aliphatic hydroxyl groups is 1. The van der Waals surface area contributed by atoms with E-state index in [1.165, 1.54) is 0 Å². The van der Waals surface area contributed by atoms with E-state index >= 15 is 0 Å². The minimum atomic E-state index is -0.283. The van der Waals surface area contributed by atoms with E-state index in [-0.39, 0.29) is 23.7 Å². The fraction of sp³-hybridized carbons (Fsp3) is 0.625. The summed E-state index contributed by atoms with van der Waals surface area (Å²) in [5.74, 6) is 1.94. The van der Waals surface area contributed by atoms with Crippen LogP contribution in [0.1, 0.15) is 50.6 Å². The van der Waals surface area contributed by atoms with E-state index in [0.717, 1.165) is 69.2 Å². The Labute approximate surface area is 189 Å². The molecular formula is C24H32ClN3O3.